The van der Waals surface area contributed by atoms with Gasteiger partial charge in [0, 0.05) is 5.70 Å². The van der Waals surface area contributed by atoms with Gasteiger partial charge in [-0.1, -0.05) is 61.2 Å². The predicted molar refractivity (Wildman–Crippen MR) is 99.6 cm³/mol. The van der Waals surface area contributed by atoms with E-state index in [2.05, 4.69) is 84.4 Å². The fourth-order valence-corrected chi connectivity index (χ4v) is 3.04. The Labute approximate surface area is 138 Å². The number of fused-ring (bicyclic) bond motifs is 1. The van der Waals surface area contributed by atoms with Crippen molar-refractivity contribution in [3.8, 4) is 0 Å². The molecule has 0 amide bonds. The number of nitrogens with zero attached hydrogens (tertiary/aromatic N) is 1. The zero-order valence-corrected chi connectivity index (χ0v) is 13.7. The van der Waals surface area contributed by atoms with Crippen LogP contribution in [0.15, 0.2) is 85.1 Å². The molecule has 1 atom stereocenters. The van der Waals surface area contributed by atoms with Gasteiger partial charge in [-0.05, 0) is 43.2 Å². The summed E-state index contributed by atoms with van der Waals surface area (Å²) in [5, 5.41) is 3.68. The molecule has 0 fully saturated rings. The average Bonchev–Trinajstić information content (AvgIpc) is 2.96. The summed E-state index contributed by atoms with van der Waals surface area (Å²) < 4.78 is 0. The molecular weight excluding hydrogens is 280 g/mol. The third-order valence-electron chi connectivity index (χ3n) is 4.07. The summed E-state index contributed by atoms with van der Waals surface area (Å²) in [4.78, 5) is 2.33. The summed E-state index contributed by atoms with van der Waals surface area (Å²) in [7, 11) is 0. The quantitative estimate of drug-likeness (QED) is 0.742. The highest BCUT2D eigenvalue weighted by molar-refractivity contribution is 5.82. The lowest BCUT2D eigenvalue weighted by Crippen LogP contribution is -2.26. The van der Waals surface area contributed by atoms with Crippen molar-refractivity contribution in [1.82, 2.24) is 0 Å². The monoisotopic (exact) mass is 302 g/mol. The number of para-hydroxylation sites is 1. The summed E-state index contributed by atoms with van der Waals surface area (Å²) in [6, 6.07) is 16.9. The molecule has 2 heteroatoms. The third-order valence-corrected chi connectivity index (χ3v) is 4.07. The van der Waals surface area contributed by atoms with E-state index in [1.54, 1.807) is 0 Å². The van der Waals surface area contributed by atoms with Gasteiger partial charge in [-0.25, -0.2) is 0 Å². The van der Waals surface area contributed by atoms with Crippen LogP contribution in [0.1, 0.15) is 24.2 Å². The van der Waals surface area contributed by atoms with Gasteiger partial charge in [0.1, 0.15) is 6.17 Å². The minimum absolute atomic E-state index is 0.0784. The molecule has 0 saturated carbocycles. The molecule has 0 aliphatic carbocycles. The Hall–Kier alpha value is -2.74. The van der Waals surface area contributed by atoms with Gasteiger partial charge >= 0.3 is 0 Å². The molecule has 1 unspecified atom stereocenters. The lowest BCUT2D eigenvalue weighted by atomic mass is 10.1. The Balaban J connectivity index is 2.15. The summed E-state index contributed by atoms with van der Waals surface area (Å²) in [5.41, 5.74) is 6.01. The molecule has 2 nitrogen and oxygen atoms in total. The van der Waals surface area contributed by atoms with E-state index in [9.17, 15) is 0 Å². The van der Waals surface area contributed by atoms with Crippen molar-refractivity contribution in [3.63, 3.8) is 0 Å². The number of rotatable bonds is 4. The average molecular weight is 302 g/mol. The Morgan fingerprint density at radius 3 is 2.61 bits per heavy atom. The number of nitrogens with one attached hydrogen (secondary N) is 1. The van der Waals surface area contributed by atoms with Gasteiger partial charge in [-0.2, -0.15) is 0 Å². The standard InChI is InChI=1S/C21H22N2/c1-4-10-18(11-5-2)23-19-15-9-12-16(3)20(19)22-21(23)17-13-7-6-8-14-17/h4-15,21-22H,1H2,2-3H3/b11-5-,18-10+. The number of benzene rings is 2. The van der Waals surface area contributed by atoms with Crippen LogP contribution in [0.4, 0.5) is 11.4 Å². The number of allylic oxidation sites excluding steroid dienone is 4. The van der Waals surface area contributed by atoms with E-state index >= 15 is 0 Å². The van der Waals surface area contributed by atoms with Gasteiger partial charge in [0.15, 0.2) is 0 Å². The fraction of sp³-hybridized carbons (Fsp3) is 0.143. The number of anilines is 2. The first kappa shape index (κ1) is 15.2. The highest BCUT2D eigenvalue weighted by atomic mass is 15.3. The molecule has 23 heavy (non-hydrogen) atoms. The van der Waals surface area contributed by atoms with Gasteiger partial charge in [-0.15, -0.1) is 0 Å². The zero-order chi connectivity index (χ0) is 16.2. The second-order valence-corrected chi connectivity index (χ2v) is 5.62. The molecule has 2 aromatic rings. The van der Waals surface area contributed by atoms with Crippen molar-refractivity contribution in [2.24, 2.45) is 0 Å². The molecule has 0 aromatic heterocycles. The Bertz CT molecular complexity index is 757. The number of hydrogen-bond donors (Lipinski definition) is 1. The summed E-state index contributed by atoms with van der Waals surface area (Å²) in [6.07, 6.45) is 8.15. The number of aryl methyl sites for hydroxylation is 1. The smallest absolute Gasteiger partial charge is 0.130 e. The SMILES string of the molecule is C=C/C=C(\C=C/C)N1c2cccc(C)c2NC1c1ccccc1. The first-order valence-electron chi connectivity index (χ1n) is 7.92. The van der Waals surface area contributed by atoms with Crippen molar-refractivity contribution < 1.29 is 0 Å². The van der Waals surface area contributed by atoms with Crippen LogP contribution in [-0.4, -0.2) is 0 Å². The highest BCUT2D eigenvalue weighted by Gasteiger charge is 2.32. The maximum absolute atomic E-state index is 3.87. The van der Waals surface area contributed by atoms with Crippen LogP contribution in [0.5, 0.6) is 0 Å². The minimum atomic E-state index is 0.0784. The van der Waals surface area contributed by atoms with Crippen LogP contribution in [0.2, 0.25) is 0 Å². The van der Waals surface area contributed by atoms with E-state index in [0.717, 1.165) is 5.70 Å². The van der Waals surface area contributed by atoms with Crippen LogP contribution >= 0.6 is 0 Å². The van der Waals surface area contributed by atoms with Gasteiger partial charge in [-0.3, -0.25) is 0 Å². The fourth-order valence-electron chi connectivity index (χ4n) is 3.04. The first-order chi connectivity index (χ1) is 11.3. The molecule has 1 heterocycles. The van der Waals surface area contributed by atoms with Gasteiger partial charge < -0.3 is 10.2 Å². The summed E-state index contributed by atoms with van der Waals surface area (Å²) >= 11 is 0. The first-order valence-corrected chi connectivity index (χ1v) is 7.92. The minimum Gasteiger partial charge on any atom is -0.359 e. The molecule has 1 aliphatic rings. The van der Waals surface area contributed by atoms with Crippen LogP contribution < -0.4 is 10.2 Å². The van der Waals surface area contributed by atoms with Crippen LogP contribution in [-0.2, 0) is 0 Å². The second-order valence-electron chi connectivity index (χ2n) is 5.62. The molecule has 2 aromatic carbocycles. The van der Waals surface area contributed by atoms with E-state index in [1.165, 1.54) is 22.5 Å². The molecule has 0 spiro atoms. The Morgan fingerprint density at radius 2 is 1.91 bits per heavy atom. The topological polar surface area (TPSA) is 15.3 Å². The maximum atomic E-state index is 3.87. The maximum Gasteiger partial charge on any atom is 0.130 e. The third kappa shape index (κ3) is 2.80. The predicted octanol–water partition coefficient (Wildman–Crippen LogP) is 5.57. The van der Waals surface area contributed by atoms with Crippen LogP contribution in [0, 0.1) is 6.92 Å². The normalized spacial score (nSPS) is 17.2. The van der Waals surface area contributed by atoms with Gasteiger partial charge in [0.25, 0.3) is 0 Å². The van der Waals surface area contributed by atoms with E-state index in [4.69, 9.17) is 0 Å². The van der Waals surface area contributed by atoms with Crippen molar-refractivity contribution in [1.29, 1.82) is 0 Å². The lowest BCUT2D eigenvalue weighted by molar-refractivity contribution is 0.801. The largest absolute Gasteiger partial charge is 0.359 e. The molecule has 0 bridgehead atoms. The van der Waals surface area contributed by atoms with Crippen molar-refractivity contribution in [3.05, 3.63) is 96.2 Å². The highest BCUT2D eigenvalue weighted by Crippen LogP contribution is 2.45. The Kier molecular flexibility index (Phi) is 4.33. The van der Waals surface area contributed by atoms with E-state index in [-0.39, 0.29) is 6.17 Å². The van der Waals surface area contributed by atoms with Crippen molar-refractivity contribution in [2.75, 3.05) is 10.2 Å². The molecule has 0 saturated heterocycles. The van der Waals surface area contributed by atoms with Crippen LogP contribution in [0.25, 0.3) is 0 Å². The molecule has 0 radical (unpaired) electrons. The Morgan fingerprint density at radius 1 is 1.13 bits per heavy atom. The van der Waals surface area contributed by atoms with Crippen LogP contribution in [0.3, 0.4) is 0 Å². The van der Waals surface area contributed by atoms with Gasteiger partial charge in [0.2, 0.25) is 0 Å². The zero-order valence-electron chi connectivity index (χ0n) is 13.7. The van der Waals surface area contributed by atoms with Gasteiger partial charge in [0.05, 0.1) is 11.4 Å². The lowest BCUT2D eigenvalue weighted by Gasteiger charge is -2.28. The van der Waals surface area contributed by atoms with E-state index < -0.39 is 0 Å². The van der Waals surface area contributed by atoms with Crippen molar-refractivity contribution >= 4 is 11.4 Å². The van der Waals surface area contributed by atoms with E-state index in [1.807, 2.05) is 19.1 Å². The molecule has 3 rings (SSSR count). The molecular formula is C21H22N2. The molecule has 116 valence electrons. The van der Waals surface area contributed by atoms with Crippen molar-refractivity contribution in [2.45, 2.75) is 20.0 Å². The van der Waals surface area contributed by atoms with E-state index in [0.29, 0.717) is 0 Å². The molecule has 1 aliphatic heterocycles. The summed E-state index contributed by atoms with van der Waals surface area (Å²) in [6.45, 7) is 8.05. The second kappa shape index (κ2) is 6.57. The molecule has 1 N–H and O–H groups in total. The summed E-state index contributed by atoms with van der Waals surface area (Å²) in [5.74, 6) is 0. The number of hydrogen-bond acceptors (Lipinski definition) is 2.